The zero-order chi connectivity index (χ0) is 26.4. The van der Waals surface area contributed by atoms with E-state index in [0.717, 1.165) is 5.56 Å². The van der Waals surface area contributed by atoms with Crippen molar-refractivity contribution in [3.63, 3.8) is 0 Å². The Balaban J connectivity index is 1.46. The highest BCUT2D eigenvalue weighted by Crippen LogP contribution is 2.24. The average molecular weight is 500 g/mol. The van der Waals surface area contributed by atoms with Gasteiger partial charge in [-0.2, -0.15) is 5.10 Å². The van der Waals surface area contributed by atoms with E-state index >= 15 is 0 Å². The van der Waals surface area contributed by atoms with Gasteiger partial charge in [0, 0.05) is 35.6 Å². The van der Waals surface area contributed by atoms with E-state index in [2.05, 4.69) is 15.7 Å². The van der Waals surface area contributed by atoms with Crippen LogP contribution in [-0.2, 0) is 13.2 Å². The lowest BCUT2D eigenvalue weighted by Crippen LogP contribution is -2.18. The molecule has 3 aromatic carbocycles. The predicted molar refractivity (Wildman–Crippen MR) is 139 cm³/mol. The van der Waals surface area contributed by atoms with Gasteiger partial charge in [-0.15, -0.1) is 0 Å². The number of ether oxygens (including phenoxy) is 1. The van der Waals surface area contributed by atoms with E-state index in [1.54, 1.807) is 54.2 Å². The topological polar surface area (TPSA) is 128 Å². The maximum atomic E-state index is 13.0. The summed E-state index contributed by atoms with van der Waals surface area (Å²) < 4.78 is 7.34. The molecule has 0 atom stereocenters. The molecular weight excluding hydrogens is 474 g/mol. The first-order valence-electron chi connectivity index (χ1n) is 11.6. The lowest BCUT2D eigenvalue weighted by molar-refractivity contribution is -0.385. The van der Waals surface area contributed by atoms with Crippen molar-refractivity contribution in [1.29, 1.82) is 0 Å². The second-order valence-electron chi connectivity index (χ2n) is 8.22. The highest BCUT2D eigenvalue weighted by molar-refractivity contribution is 6.11. The Morgan fingerprint density at radius 1 is 1.00 bits per heavy atom. The Morgan fingerprint density at radius 3 is 2.49 bits per heavy atom. The molecule has 10 nitrogen and oxygen atoms in total. The number of hydrogen-bond acceptors (Lipinski definition) is 6. The Kier molecular flexibility index (Phi) is 7.58. The number of hydrogen-bond donors (Lipinski definition) is 2. The fourth-order valence-electron chi connectivity index (χ4n) is 3.64. The summed E-state index contributed by atoms with van der Waals surface area (Å²) in [6, 6.07) is 20.4. The van der Waals surface area contributed by atoms with E-state index in [1.807, 2.05) is 31.2 Å². The van der Waals surface area contributed by atoms with Crippen molar-refractivity contribution in [3.8, 4) is 5.75 Å². The van der Waals surface area contributed by atoms with Crippen molar-refractivity contribution >= 4 is 28.9 Å². The van der Waals surface area contributed by atoms with Crippen molar-refractivity contribution in [2.75, 3.05) is 10.6 Å². The van der Waals surface area contributed by atoms with Gasteiger partial charge < -0.3 is 15.4 Å². The molecule has 188 valence electrons. The second kappa shape index (κ2) is 11.2. The van der Waals surface area contributed by atoms with Gasteiger partial charge in [0.2, 0.25) is 0 Å². The maximum absolute atomic E-state index is 13.0. The van der Waals surface area contributed by atoms with Crippen LogP contribution in [0.1, 0.15) is 38.9 Å². The minimum absolute atomic E-state index is 0.0224. The van der Waals surface area contributed by atoms with Gasteiger partial charge in [-0.05, 0) is 55.8 Å². The van der Waals surface area contributed by atoms with Crippen LogP contribution in [-0.4, -0.2) is 26.5 Å². The highest BCUT2D eigenvalue weighted by Gasteiger charge is 2.20. The molecule has 0 bridgehead atoms. The molecule has 0 saturated carbocycles. The first-order chi connectivity index (χ1) is 17.8. The number of carbonyl (C=O) groups excluding carboxylic acids is 2. The van der Waals surface area contributed by atoms with Gasteiger partial charge in [0.15, 0.2) is 5.69 Å². The summed E-state index contributed by atoms with van der Waals surface area (Å²) in [5.41, 5.74) is 2.64. The molecule has 0 spiro atoms. The van der Waals surface area contributed by atoms with E-state index < -0.39 is 16.7 Å². The van der Waals surface area contributed by atoms with Crippen LogP contribution < -0.4 is 15.4 Å². The van der Waals surface area contributed by atoms with Crippen LogP contribution in [0.25, 0.3) is 0 Å². The molecule has 1 aromatic heterocycles. The molecule has 0 aliphatic rings. The summed E-state index contributed by atoms with van der Waals surface area (Å²) >= 11 is 0. The molecule has 4 aromatic rings. The van der Waals surface area contributed by atoms with Crippen LogP contribution in [0, 0.1) is 17.0 Å². The summed E-state index contributed by atoms with van der Waals surface area (Å²) in [7, 11) is 0. The summed E-state index contributed by atoms with van der Waals surface area (Å²) in [5, 5.41) is 20.9. The highest BCUT2D eigenvalue weighted by atomic mass is 16.6. The molecule has 0 radical (unpaired) electrons. The molecule has 0 fully saturated rings. The molecule has 0 saturated heterocycles. The zero-order valence-electron chi connectivity index (χ0n) is 20.3. The van der Waals surface area contributed by atoms with Gasteiger partial charge in [-0.1, -0.05) is 30.3 Å². The lowest BCUT2D eigenvalue weighted by atomic mass is 10.1. The molecule has 0 aliphatic heterocycles. The Morgan fingerprint density at radius 2 is 1.78 bits per heavy atom. The number of aromatic nitrogens is 2. The number of para-hydroxylation sites is 1. The summed E-state index contributed by atoms with van der Waals surface area (Å²) in [5.74, 6) is -0.356. The minimum atomic E-state index is -0.442. The van der Waals surface area contributed by atoms with Crippen LogP contribution in [0.5, 0.6) is 5.75 Å². The van der Waals surface area contributed by atoms with Crippen LogP contribution >= 0.6 is 0 Å². The fourth-order valence-corrected chi connectivity index (χ4v) is 3.64. The van der Waals surface area contributed by atoms with E-state index in [0.29, 0.717) is 34.8 Å². The smallest absolute Gasteiger partial charge is 0.278 e. The standard InChI is InChI=1S/C27H25N5O5/c1-3-31-16-23(25(30-31)27(34)28-21-10-5-4-6-11-21)29-26(33)20-9-7-8-19(15-20)17-37-22-12-13-24(32(35)36)18(2)14-22/h4-16H,3,17H2,1-2H3,(H,28,34)(H,29,33). The van der Waals surface area contributed by atoms with Crippen molar-refractivity contribution in [1.82, 2.24) is 9.78 Å². The number of amides is 2. The minimum Gasteiger partial charge on any atom is -0.489 e. The Bertz CT molecular complexity index is 1450. The third-order valence-corrected chi connectivity index (χ3v) is 5.54. The summed E-state index contributed by atoms with van der Waals surface area (Å²) in [6.07, 6.45) is 1.61. The van der Waals surface area contributed by atoms with Crippen LogP contribution in [0.2, 0.25) is 0 Å². The normalized spacial score (nSPS) is 10.5. The zero-order valence-corrected chi connectivity index (χ0v) is 20.3. The predicted octanol–water partition coefficient (Wildman–Crippen LogP) is 5.20. The van der Waals surface area contributed by atoms with E-state index in [-0.39, 0.29) is 18.0 Å². The number of nitrogens with one attached hydrogen (secondary N) is 2. The van der Waals surface area contributed by atoms with Gasteiger partial charge in [0.05, 0.1) is 10.6 Å². The molecule has 4 rings (SSSR count). The number of nitrogens with zero attached hydrogens (tertiary/aromatic N) is 3. The van der Waals surface area contributed by atoms with E-state index in [4.69, 9.17) is 4.74 Å². The number of aryl methyl sites for hydroxylation is 2. The number of nitro groups is 1. The quantitative estimate of drug-likeness (QED) is 0.240. The molecule has 2 amide bonds. The Labute approximate surface area is 213 Å². The van der Waals surface area contributed by atoms with Gasteiger partial charge in [0.1, 0.15) is 12.4 Å². The number of nitro benzene ring substituents is 1. The van der Waals surface area contributed by atoms with E-state index in [1.165, 1.54) is 12.1 Å². The average Bonchev–Trinajstić information content (AvgIpc) is 3.31. The fraction of sp³-hybridized carbons (Fsp3) is 0.148. The summed E-state index contributed by atoms with van der Waals surface area (Å²) in [4.78, 5) is 36.4. The second-order valence-corrected chi connectivity index (χ2v) is 8.22. The monoisotopic (exact) mass is 499 g/mol. The molecule has 2 N–H and O–H groups in total. The van der Waals surface area contributed by atoms with Gasteiger partial charge >= 0.3 is 0 Å². The Hall–Kier alpha value is -4.99. The molecule has 37 heavy (non-hydrogen) atoms. The first kappa shape index (κ1) is 25.1. The van der Waals surface area contributed by atoms with Crippen LogP contribution in [0.3, 0.4) is 0 Å². The third-order valence-electron chi connectivity index (χ3n) is 5.54. The molecular formula is C27H25N5O5. The van der Waals surface area contributed by atoms with Gasteiger partial charge in [-0.25, -0.2) is 0 Å². The van der Waals surface area contributed by atoms with Crippen molar-refractivity contribution in [3.05, 3.63) is 111 Å². The van der Waals surface area contributed by atoms with E-state index in [9.17, 15) is 19.7 Å². The molecule has 0 unspecified atom stereocenters. The number of carbonyl (C=O) groups is 2. The van der Waals surface area contributed by atoms with Crippen LogP contribution in [0.15, 0.2) is 79.0 Å². The van der Waals surface area contributed by atoms with Gasteiger partial charge in [0.25, 0.3) is 17.5 Å². The summed E-state index contributed by atoms with van der Waals surface area (Å²) in [6.45, 7) is 4.21. The van der Waals surface area contributed by atoms with Crippen molar-refractivity contribution in [2.45, 2.75) is 27.0 Å². The maximum Gasteiger partial charge on any atom is 0.278 e. The number of benzene rings is 3. The molecule has 10 heteroatoms. The SMILES string of the molecule is CCn1cc(NC(=O)c2cccc(COc3ccc([N+](=O)[O-])c(C)c3)c2)c(C(=O)Nc2ccccc2)n1. The lowest BCUT2D eigenvalue weighted by Gasteiger charge is -2.10. The van der Waals surface area contributed by atoms with Crippen molar-refractivity contribution in [2.24, 2.45) is 0 Å². The molecule has 1 heterocycles. The first-order valence-corrected chi connectivity index (χ1v) is 11.6. The number of anilines is 2. The molecule has 0 aliphatic carbocycles. The van der Waals surface area contributed by atoms with Gasteiger partial charge in [-0.3, -0.25) is 24.4 Å². The number of rotatable bonds is 9. The van der Waals surface area contributed by atoms with Crippen molar-refractivity contribution < 1.29 is 19.2 Å². The largest absolute Gasteiger partial charge is 0.489 e. The third kappa shape index (κ3) is 6.17. The van der Waals surface area contributed by atoms with Crippen LogP contribution in [0.4, 0.5) is 17.1 Å².